The first kappa shape index (κ1) is 14.6. The molecule has 0 radical (unpaired) electrons. The van der Waals surface area contributed by atoms with Crippen molar-refractivity contribution >= 4 is 15.9 Å². The van der Waals surface area contributed by atoms with Crippen LogP contribution in [-0.4, -0.2) is 36.2 Å². The van der Waals surface area contributed by atoms with E-state index in [4.69, 9.17) is 0 Å². The Hall–Kier alpha value is -0.840. The minimum absolute atomic E-state index is 0.204. The number of nitrogens with one attached hydrogen (secondary N) is 1. The number of phenolic OH excluding ortho intramolecular Hbond substituents is 1. The summed E-state index contributed by atoms with van der Waals surface area (Å²) in [5, 5.41) is 13.7. The van der Waals surface area contributed by atoms with E-state index in [9.17, 15) is 5.11 Å². The number of rotatable bonds is 4. The van der Waals surface area contributed by atoms with E-state index >= 15 is 0 Å². The minimum atomic E-state index is 0.204. The lowest BCUT2D eigenvalue weighted by Crippen LogP contribution is -2.45. The van der Waals surface area contributed by atoms with Crippen LogP contribution in [0.4, 0.5) is 0 Å². The smallest absolute Gasteiger partial charge is 0.123 e. The van der Waals surface area contributed by atoms with Crippen molar-refractivity contribution in [3.05, 3.63) is 40.4 Å². The van der Waals surface area contributed by atoms with Crippen molar-refractivity contribution < 1.29 is 5.11 Å². The van der Waals surface area contributed by atoms with Gasteiger partial charge in [-0.3, -0.25) is 4.90 Å². The van der Waals surface area contributed by atoms with Crippen molar-refractivity contribution in [1.82, 2.24) is 10.2 Å². The van der Waals surface area contributed by atoms with Gasteiger partial charge in [-0.15, -0.1) is 6.58 Å². The first-order valence-corrected chi connectivity index (χ1v) is 7.47. The van der Waals surface area contributed by atoms with Crippen LogP contribution in [0.1, 0.15) is 23.6 Å². The highest BCUT2D eigenvalue weighted by Crippen LogP contribution is 2.36. The molecule has 19 heavy (non-hydrogen) atoms. The topological polar surface area (TPSA) is 35.5 Å². The zero-order valence-electron chi connectivity index (χ0n) is 11.3. The van der Waals surface area contributed by atoms with Gasteiger partial charge in [-0.25, -0.2) is 0 Å². The monoisotopic (exact) mass is 324 g/mol. The molecule has 0 amide bonds. The fraction of sp³-hybridized carbons (Fsp3) is 0.467. The van der Waals surface area contributed by atoms with E-state index in [-0.39, 0.29) is 6.04 Å². The lowest BCUT2D eigenvalue weighted by molar-refractivity contribution is 0.172. The number of phenols is 1. The van der Waals surface area contributed by atoms with Gasteiger partial charge < -0.3 is 10.4 Å². The second-order valence-electron chi connectivity index (χ2n) is 4.99. The summed E-state index contributed by atoms with van der Waals surface area (Å²) in [4.78, 5) is 2.42. The average Bonchev–Trinajstić information content (AvgIpc) is 2.41. The Morgan fingerprint density at radius 3 is 2.79 bits per heavy atom. The van der Waals surface area contributed by atoms with Crippen LogP contribution in [0.2, 0.25) is 0 Å². The summed E-state index contributed by atoms with van der Waals surface area (Å²) >= 11 is 3.52. The maximum atomic E-state index is 10.4. The molecule has 0 unspecified atom stereocenters. The highest BCUT2D eigenvalue weighted by atomic mass is 79.9. The molecule has 0 aliphatic carbocycles. The highest BCUT2D eigenvalue weighted by Gasteiger charge is 2.24. The molecule has 1 fully saturated rings. The molecule has 0 bridgehead atoms. The first-order chi connectivity index (χ1) is 9.13. The molecule has 3 nitrogen and oxygen atoms in total. The molecular formula is C15H21BrN2O. The number of benzene rings is 1. The van der Waals surface area contributed by atoms with E-state index in [1.165, 1.54) is 0 Å². The van der Waals surface area contributed by atoms with Crippen molar-refractivity contribution in [2.45, 2.75) is 19.4 Å². The number of halogens is 1. The molecule has 0 saturated carbocycles. The van der Waals surface area contributed by atoms with E-state index in [0.717, 1.165) is 48.2 Å². The molecule has 1 aromatic rings. The summed E-state index contributed by atoms with van der Waals surface area (Å²) in [6.07, 6.45) is 2.78. The molecule has 1 aliphatic rings. The molecule has 1 aliphatic heterocycles. The van der Waals surface area contributed by atoms with E-state index < -0.39 is 0 Å². The van der Waals surface area contributed by atoms with Crippen molar-refractivity contribution in [2.24, 2.45) is 0 Å². The lowest BCUT2D eigenvalue weighted by atomic mass is 9.98. The predicted octanol–water partition coefficient (Wildman–Crippen LogP) is 2.99. The van der Waals surface area contributed by atoms with Gasteiger partial charge >= 0.3 is 0 Å². The number of aryl methyl sites for hydroxylation is 1. The van der Waals surface area contributed by atoms with Crippen LogP contribution in [0.15, 0.2) is 29.3 Å². The normalized spacial score (nSPS) is 18.2. The second-order valence-corrected chi connectivity index (χ2v) is 5.90. The number of hydrogen-bond donors (Lipinski definition) is 2. The van der Waals surface area contributed by atoms with E-state index in [1.54, 1.807) is 0 Å². The number of hydrogen-bond acceptors (Lipinski definition) is 3. The molecule has 1 atom stereocenters. The third kappa shape index (κ3) is 3.38. The third-order valence-corrected chi connectivity index (χ3v) is 4.09. The molecule has 1 saturated heterocycles. The van der Waals surface area contributed by atoms with Gasteiger partial charge in [-0.05, 0) is 31.0 Å². The quantitative estimate of drug-likeness (QED) is 0.836. The molecule has 2 rings (SSSR count). The second kappa shape index (κ2) is 6.55. The molecule has 4 heteroatoms. The Balaban J connectivity index is 2.34. The van der Waals surface area contributed by atoms with Gasteiger partial charge in [0.05, 0.1) is 0 Å². The van der Waals surface area contributed by atoms with Crippen LogP contribution in [0.5, 0.6) is 5.75 Å². The van der Waals surface area contributed by atoms with Crippen LogP contribution in [-0.2, 0) is 0 Å². The van der Waals surface area contributed by atoms with Crippen molar-refractivity contribution in [1.29, 1.82) is 0 Å². The summed E-state index contributed by atoms with van der Waals surface area (Å²) < 4.78 is 1.02. The van der Waals surface area contributed by atoms with Gasteiger partial charge in [0.25, 0.3) is 0 Å². The predicted molar refractivity (Wildman–Crippen MR) is 82.5 cm³/mol. The maximum absolute atomic E-state index is 10.4. The van der Waals surface area contributed by atoms with Gasteiger partial charge in [0.15, 0.2) is 0 Å². The van der Waals surface area contributed by atoms with Gasteiger partial charge in [0, 0.05) is 42.3 Å². The number of aromatic hydroxyl groups is 1. The van der Waals surface area contributed by atoms with E-state index in [0.29, 0.717) is 5.75 Å². The van der Waals surface area contributed by atoms with Crippen LogP contribution in [0, 0.1) is 6.92 Å². The fourth-order valence-corrected chi connectivity index (χ4v) is 3.23. The SMILES string of the molecule is C=CC[C@H](c1cc(Br)cc(C)c1O)N1CCNCC1. The maximum Gasteiger partial charge on any atom is 0.123 e. The Labute approximate surface area is 123 Å². The zero-order chi connectivity index (χ0) is 13.8. The van der Waals surface area contributed by atoms with Crippen molar-refractivity contribution in [3.8, 4) is 5.75 Å². The molecule has 1 heterocycles. The summed E-state index contributed by atoms with van der Waals surface area (Å²) in [6, 6.07) is 4.18. The number of piperazine rings is 1. The first-order valence-electron chi connectivity index (χ1n) is 6.68. The van der Waals surface area contributed by atoms with Gasteiger partial charge in [-0.1, -0.05) is 22.0 Å². The van der Waals surface area contributed by atoms with Gasteiger partial charge in [-0.2, -0.15) is 0 Å². The number of nitrogens with zero attached hydrogens (tertiary/aromatic N) is 1. The van der Waals surface area contributed by atoms with Gasteiger partial charge in [0.2, 0.25) is 0 Å². The Bertz CT molecular complexity index is 456. The standard InChI is InChI=1S/C15H21BrN2O/c1-3-4-14(18-7-5-17-6-8-18)13-10-12(16)9-11(2)15(13)19/h3,9-10,14,17,19H,1,4-8H2,2H3/t14-/m1/s1. The van der Waals surface area contributed by atoms with Crippen LogP contribution in [0.25, 0.3) is 0 Å². The third-order valence-electron chi connectivity index (χ3n) is 3.64. The zero-order valence-corrected chi connectivity index (χ0v) is 12.9. The summed E-state index contributed by atoms with van der Waals surface area (Å²) in [5.74, 6) is 0.411. The molecule has 2 N–H and O–H groups in total. The minimum Gasteiger partial charge on any atom is -0.507 e. The van der Waals surface area contributed by atoms with Crippen molar-refractivity contribution in [3.63, 3.8) is 0 Å². The summed E-state index contributed by atoms with van der Waals surface area (Å²) in [5.41, 5.74) is 1.90. The molecule has 104 valence electrons. The largest absolute Gasteiger partial charge is 0.507 e. The van der Waals surface area contributed by atoms with Crippen LogP contribution in [0.3, 0.4) is 0 Å². The fourth-order valence-electron chi connectivity index (χ4n) is 2.64. The van der Waals surface area contributed by atoms with E-state index in [2.05, 4.69) is 32.7 Å². The Morgan fingerprint density at radius 1 is 1.47 bits per heavy atom. The lowest BCUT2D eigenvalue weighted by Gasteiger charge is -2.35. The molecule has 0 aromatic heterocycles. The highest BCUT2D eigenvalue weighted by molar-refractivity contribution is 9.10. The average molecular weight is 325 g/mol. The van der Waals surface area contributed by atoms with E-state index in [1.807, 2.05) is 25.1 Å². The Kier molecular flexibility index (Phi) is 5.02. The summed E-state index contributed by atoms with van der Waals surface area (Å²) in [6.45, 7) is 9.81. The van der Waals surface area contributed by atoms with Crippen LogP contribution < -0.4 is 5.32 Å². The van der Waals surface area contributed by atoms with Gasteiger partial charge in [0.1, 0.15) is 5.75 Å². The summed E-state index contributed by atoms with van der Waals surface area (Å²) in [7, 11) is 0. The van der Waals surface area contributed by atoms with Crippen molar-refractivity contribution in [2.75, 3.05) is 26.2 Å². The molecule has 0 spiro atoms. The Morgan fingerprint density at radius 2 is 2.16 bits per heavy atom. The molecule has 1 aromatic carbocycles. The van der Waals surface area contributed by atoms with Crippen LogP contribution >= 0.6 is 15.9 Å². The molecular weight excluding hydrogens is 304 g/mol.